The fourth-order valence-electron chi connectivity index (χ4n) is 2.79. The van der Waals surface area contributed by atoms with Gasteiger partial charge in [0, 0.05) is 5.56 Å². The molecule has 0 saturated heterocycles. The number of esters is 1. The zero-order valence-electron chi connectivity index (χ0n) is 15.7. The van der Waals surface area contributed by atoms with E-state index in [-0.39, 0.29) is 17.4 Å². The molecule has 0 bridgehead atoms. The highest BCUT2D eigenvalue weighted by molar-refractivity contribution is 7.86. The summed E-state index contributed by atoms with van der Waals surface area (Å²) < 4.78 is 38.1. The van der Waals surface area contributed by atoms with Crippen LogP contribution in [0.4, 0.5) is 0 Å². The highest BCUT2D eigenvalue weighted by Gasteiger charge is 2.18. The van der Waals surface area contributed by atoms with Crippen LogP contribution in [0.15, 0.2) is 47.4 Å². The van der Waals surface area contributed by atoms with Crippen LogP contribution >= 0.6 is 0 Å². The number of hydrogen-bond donors (Lipinski definition) is 2. The van der Waals surface area contributed by atoms with Gasteiger partial charge in [0.15, 0.2) is 0 Å². The van der Waals surface area contributed by atoms with Gasteiger partial charge in [0.2, 0.25) is 0 Å². The average Bonchev–Trinajstić information content (AvgIpc) is 2.58. The van der Waals surface area contributed by atoms with Crippen molar-refractivity contribution in [3.05, 3.63) is 53.6 Å². The van der Waals surface area contributed by atoms with E-state index in [4.69, 9.17) is 10.5 Å². The Morgan fingerprint density at radius 1 is 1.19 bits per heavy atom. The number of nitrogens with two attached hydrogens (primary N) is 1. The fraction of sp³-hybridized carbons (Fsp3) is 0.350. The third-order valence-corrected chi connectivity index (χ3v) is 4.97. The molecule has 146 valence electrons. The molecule has 0 saturated carbocycles. The van der Waals surface area contributed by atoms with E-state index in [1.54, 1.807) is 36.4 Å². The molecule has 3 N–H and O–H groups in total. The van der Waals surface area contributed by atoms with Crippen LogP contribution in [0.3, 0.4) is 0 Å². The number of benzene rings is 2. The predicted octanol–water partition coefficient (Wildman–Crippen LogP) is 3.33. The number of aryl methyl sites for hydroxylation is 1. The second kappa shape index (κ2) is 8.65. The van der Waals surface area contributed by atoms with Crippen LogP contribution in [0.5, 0.6) is 0 Å². The lowest BCUT2D eigenvalue weighted by atomic mass is 10.0. The van der Waals surface area contributed by atoms with Gasteiger partial charge in [-0.15, -0.1) is 0 Å². The number of rotatable bonds is 7. The van der Waals surface area contributed by atoms with Gasteiger partial charge in [0.1, 0.15) is 17.5 Å². The number of carbonyl (C=O) groups is 1. The lowest BCUT2D eigenvalue weighted by molar-refractivity contribution is -0.146. The summed E-state index contributed by atoms with van der Waals surface area (Å²) in [6, 6.07) is 11.0. The maximum atomic E-state index is 12.0. The molecule has 0 unspecified atom stereocenters. The molecule has 2 rings (SSSR count). The molecule has 2 aromatic rings. The standard InChI is InChI=1S/C20H25NO5S/c1-13(2)9-18(21)20(22)26-12-15-5-4-6-16(11-15)17-10-14(3)7-8-19(17)27(23,24)25/h4-8,10-11,13,18H,9,12,21H2,1-3H3,(H,23,24,25)/t18-/m0/s1. The molecule has 0 aliphatic heterocycles. The maximum Gasteiger partial charge on any atom is 0.323 e. The molecule has 0 radical (unpaired) electrons. The van der Waals surface area contributed by atoms with Gasteiger partial charge in [-0.25, -0.2) is 0 Å². The number of hydrogen-bond acceptors (Lipinski definition) is 5. The van der Waals surface area contributed by atoms with E-state index < -0.39 is 22.1 Å². The maximum absolute atomic E-state index is 12.0. The zero-order chi connectivity index (χ0) is 20.2. The van der Waals surface area contributed by atoms with Crippen LogP contribution in [0.2, 0.25) is 0 Å². The van der Waals surface area contributed by atoms with Crippen molar-refractivity contribution in [2.24, 2.45) is 11.7 Å². The quantitative estimate of drug-likeness (QED) is 0.554. The Hall–Kier alpha value is -2.22. The topological polar surface area (TPSA) is 107 Å². The molecule has 2 aromatic carbocycles. The van der Waals surface area contributed by atoms with E-state index in [1.165, 1.54) is 6.07 Å². The molecule has 0 aromatic heterocycles. The first-order valence-electron chi connectivity index (χ1n) is 8.67. The van der Waals surface area contributed by atoms with Gasteiger partial charge in [-0.1, -0.05) is 49.7 Å². The molecule has 1 atom stereocenters. The summed E-state index contributed by atoms with van der Waals surface area (Å²) in [6.45, 7) is 5.82. The second-order valence-corrected chi connectivity index (χ2v) is 8.41. The van der Waals surface area contributed by atoms with Crippen LogP contribution in [0, 0.1) is 12.8 Å². The van der Waals surface area contributed by atoms with E-state index in [0.717, 1.165) is 5.56 Å². The first-order chi connectivity index (χ1) is 12.6. The smallest absolute Gasteiger partial charge is 0.323 e. The predicted molar refractivity (Wildman–Crippen MR) is 104 cm³/mol. The lowest BCUT2D eigenvalue weighted by Gasteiger charge is -2.14. The first kappa shape index (κ1) is 21.1. The summed E-state index contributed by atoms with van der Waals surface area (Å²) in [5, 5.41) is 0. The number of carbonyl (C=O) groups excluding carboxylic acids is 1. The third kappa shape index (κ3) is 5.89. The Morgan fingerprint density at radius 3 is 2.52 bits per heavy atom. The molecule has 0 aliphatic rings. The molecular formula is C20H25NO5S. The van der Waals surface area contributed by atoms with Crippen molar-refractivity contribution in [1.82, 2.24) is 0 Å². The van der Waals surface area contributed by atoms with Crippen LogP contribution in [0.1, 0.15) is 31.4 Å². The minimum atomic E-state index is -4.36. The van der Waals surface area contributed by atoms with Gasteiger partial charge in [0.25, 0.3) is 10.1 Å². The highest BCUT2D eigenvalue weighted by atomic mass is 32.2. The fourth-order valence-corrected chi connectivity index (χ4v) is 3.48. The zero-order valence-corrected chi connectivity index (χ0v) is 16.5. The van der Waals surface area contributed by atoms with Crippen molar-refractivity contribution in [2.45, 2.75) is 44.7 Å². The molecule has 7 heteroatoms. The minimum absolute atomic E-state index is 0.0332. The first-order valence-corrected chi connectivity index (χ1v) is 10.1. The summed E-state index contributed by atoms with van der Waals surface area (Å²) in [6.07, 6.45) is 0.542. The normalized spacial score (nSPS) is 12.8. The van der Waals surface area contributed by atoms with Gasteiger partial charge in [-0.2, -0.15) is 8.42 Å². The van der Waals surface area contributed by atoms with Crippen molar-refractivity contribution >= 4 is 16.1 Å². The summed E-state index contributed by atoms with van der Waals surface area (Å²) >= 11 is 0. The van der Waals surface area contributed by atoms with Crippen LogP contribution in [0.25, 0.3) is 11.1 Å². The van der Waals surface area contributed by atoms with Gasteiger partial charge in [-0.3, -0.25) is 9.35 Å². The van der Waals surface area contributed by atoms with Crippen molar-refractivity contribution in [3.63, 3.8) is 0 Å². The van der Waals surface area contributed by atoms with Crippen molar-refractivity contribution in [2.75, 3.05) is 0 Å². The van der Waals surface area contributed by atoms with Gasteiger partial charge in [0.05, 0.1) is 0 Å². The molecule has 0 amide bonds. The van der Waals surface area contributed by atoms with Gasteiger partial charge in [-0.05, 0) is 42.5 Å². The Balaban J connectivity index is 2.24. The molecular weight excluding hydrogens is 366 g/mol. The minimum Gasteiger partial charge on any atom is -0.460 e. The molecule has 27 heavy (non-hydrogen) atoms. The molecule has 0 heterocycles. The van der Waals surface area contributed by atoms with Crippen LogP contribution in [-0.2, 0) is 26.3 Å². The van der Waals surface area contributed by atoms with E-state index >= 15 is 0 Å². The van der Waals surface area contributed by atoms with Crippen molar-refractivity contribution in [3.8, 4) is 11.1 Å². The monoisotopic (exact) mass is 391 g/mol. The third-order valence-electron chi connectivity index (χ3n) is 4.06. The van der Waals surface area contributed by atoms with Gasteiger partial charge < -0.3 is 10.5 Å². The molecule has 0 fully saturated rings. The Bertz CT molecular complexity index is 922. The highest BCUT2D eigenvalue weighted by Crippen LogP contribution is 2.29. The average molecular weight is 391 g/mol. The summed E-state index contributed by atoms with van der Waals surface area (Å²) in [5.74, 6) is -0.181. The van der Waals surface area contributed by atoms with Crippen LogP contribution in [-0.4, -0.2) is 25.0 Å². The molecule has 0 aliphatic carbocycles. The Labute approximate surface area is 160 Å². The van der Waals surface area contributed by atoms with E-state index in [2.05, 4.69) is 0 Å². The van der Waals surface area contributed by atoms with Gasteiger partial charge >= 0.3 is 5.97 Å². The second-order valence-electron chi connectivity index (χ2n) is 7.02. The SMILES string of the molecule is Cc1ccc(S(=O)(=O)O)c(-c2cccc(COC(=O)[C@@H](N)CC(C)C)c2)c1. The molecule has 0 spiro atoms. The number of ether oxygens (including phenoxy) is 1. The van der Waals surface area contributed by atoms with E-state index in [0.29, 0.717) is 23.1 Å². The van der Waals surface area contributed by atoms with E-state index in [9.17, 15) is 17.8 Å². The Kier molecular flexibility index (Phi) is 6.75. The summed E-state index contributed by atoms with van der Waals surface area (Å²) in [4.78, 5) is 11.8. The van der Waals surface area contributed by atoms with Crippen molar-refractivity contribution in [1.29, 1.82) is 0 Å². The van der Waals surface area contributed by atoms with Crippen LogP contribution < -0.4 is 5.73 Å². The summed E-state index contributed by atoms with van der Waals surface area (Å²) in [5.41, 5.74) is 8.36. The lowest BCUT2D eigenvalue weighted by Crippen LogP contribution is -2.33. The Morgan fingerprint density at radius 2 is 1.89 bits per heavy atom. The summed E-state index contributed by atoms with van der Waals surface area (Å²) in [7, 11) is -4.36. The van der Waals surface area contributed by atoms with Crippen molar-refractivity contribution < 1.29 is 22.5 Å². The molecule has 6 nitrogen and oxygen atoms in total. The largest absolute Gasteiger partial charge is 0.460 e. The van der Waals surface area contributed by atoms with E-state index in [1.807, 2.05) is 20.8 Å².